The zero-order valence-electron chi connectivity index (χ0n) is 8.88. The lowest BCUT2D eigenvalue weighted by molar-refractivity contribution is -0.0625. The van der Waals surface area contributed by atoms with E-state index in [1.807, 2.05) is 0 Å². The summed E-state index contributed by atoms with van der Waals surface area (Å²) >= 11 is 5.70. The number of ether oxygens (including phenoxy) is 1. The molecule has 16 heavy (non-hydrogen) atoms. The van der Waals surface area contributed by atoms with Crippen molar-refractivity contribution in [3.8, 4) is 0 Å². The van der Waals surface area contributed by atoms with E-state index >= 15 is 0 Å². The fourth-order valence-corrected chi connectivity index (χ4v) is 2.16. The summed E-state index contributed by atoms with van der Waals surface area (Å²) in [6.07, 6.45) is 1.72. The van der Waals surface area contributed by atoms with Crippen LogP contribution in [0.4, 0.5) is 4.39 Å². The molecule has 1 saturated heterocycles. The molecule has 1 heterocycles. The minimum Gasteiger partial charge on any atom is -0.389 e. The van der Waals surface area contributed by atoms with Gasteiger partial charge in [-0.25, -0.2) is 4.39 Å². The lowest BCUT2D eigenvalue weighted by Gasteiger charge is -2.32. The normalized spacial score (nSPS) is 19.7. The lowest BCUT2D eigenvalue weighted by atomic mass is 9.87. The molecule has 1 aliphatic rings. The van der Waals surface area contributed by atoms with Crippen LogP contribution >= 0.6 is 11.6 Å². The predicted octanol–water partition coefficient (Wildman–Crippen LogP) is 2.56. The highest BCUT2D eigenvalue weighted by atomic mass is 35.5. The molecule has 0 radical (unpaired) electrons. The van der Waals surface area contributed by atoms with Crippen LogP contribution in [0, 0.1) is 5.82 Å². The molecule has 0 aromatic heterocycles. The van der Waals surface area contributed by atoms with Crippen LogP contribution in [0.25, 0.3) is 0 Å². The molecule has 2 rings (SSSR count). The summed E-state index contributed by atoms with van der Waals surface area (Å²) in [7, 11) is 0. The molecule has 88 valence electrons. The van der Waals surface area contributed by atoms with Gasteiger partial charge in [0.1, 0.15) is 5.82 Å². The van der Waals surface area contributed by atoms with Gasteiger partial charge in [-0.3, -0.25) is 0 Å². The zero-order valence-corrected chi connectivity index (χ0v) is 9.63. The Morgan fingerprint density at radius 1 is 1.38 bits per heavy atom. The maximum atomic E-state index is 13.0. The molecule has 1 N–H and O–H groups in total. The molecule has 0 aliphatic carbocycles. The number of hydrogen-bond donors (Lipinski definition) is 1. The summed E-state index contributed by atoms with van der Waals surface area (Å²) in [5.74, 6) is -0.426. The van der Waals surface area contributed by atoms with Gasteiger partial charge in [0, 0.05) is 19.6 Å². The molecule has 0 unspecified atom stereocenters. The molecule has 0 saturated carbocycles. The first-order chi connectivity index (χ1) is 7.59. The smallest absolute Gasteiger partial charge is 0.141 e. The van der Waals surface area contributed by atoms with Crippen LogP contribution in [-0.2, 0) is 11.2 Å². The van der Waals surface area contributed by atoms with E-state index in [2.05, 4.69) is 0 Å². The lowest BCUT2D eigenvalue weighted by Crippen LogP contribution is -2.38. The van der Waals surface area contributed by atoms with Gasteiger partial charge >= 0.3 is 0 Å². The molecule has 0 atom stereocenters. The molecular weight excluding hydrogens is 231 g/mol. The Bertz CT molecular complexity index is 375. The van der Waals surface area contributed by atoms with Crippen molar-refractivity contribution >= 4 is 11.6 Å². The number of halogens is 2. The molecular formula is C12H14ClFO2. The van der Waals surface area contributed by atoms with Crippen LogP contribution in [0.1, 0.15) is 18.4 Å². The monoisotopic (exact) mass is 244 g/mol. The van der Waals surface area contributed by atoms with Crippen molar-refractivity contribution in [2.45, 2.75) is 24.9 Å². The molecule has 4 heteroatoms. The number of rotatable bonds is 2. The second kappa shape index (κ2) is 4.70. The van der Waals surface area contributed by atoms with Crippen molar-refractivity contribution < 1.29 is 14.2 Å². The van der Waals surface area contributed by atoms with Crippen molar-refractivity contribution in [1.82, 2.24) is 0 Å². The van der Waals surface area contributed by atoms with Crippen LogP contribution in [0.15, 0.2) is 18.2 Å². The van der Waals surface area contributed by atoms with Crippen LogP contribution in [0.2, 0.25) is 5.02 Å². The highest BCUT2D eigenvalue weighted by Crippen LogP contribution is 2.26. The maximum absolute atomic E-state index is 13.0. The Morgan fingerprint density at radius 2 is 2.06 bits per heavy atom. The standard InChI is InChI=1S/C12H14ClFO2/c13-10-7-9(1-2-11(10)14)8-12(15)3-5-16-6-4-12/h1-2,7,15H,3-6,8H2. The van der Waals surface area contributed by atoms with Crippen molar-refractivity contribution in [2.24, 2.45) is 0 Å². The summed E-state index contributed by atoms with van der Waals surface area (Å²) in [5.41, 5.74) is 0.121. The first-order valence-corrected chi connectivity index (χ1v) is 5.71. The number of benzene rings is 1. The van der Waals surface area contributed by atoms with E-state index in [9.17, 15) is 9.50 Å². The first-order valence-electron chi connectivity index (χ1n) is 5.33. The maximum Gasteiger partial charge on any atom is 0.141 e. The van der Waals surface area contributed by atoms with E-state index in [0.29, 0.717) is 32.5 Å². The second-order valence-electron chi connectivity index (χ2n) is 4.26. The fourth-order valence-electron chi connectivity index (χ4n) is 1.96. The largest absolute Gasteiger partial charge is 0.389 e. The highest BCUT2D eigenvalue weighted by Gasteiger charge is 2.29. The van der Waals surface area contributed by atoms with Crippen molar-refractivity contribution in [3.63, 3.8) is 0 Å². The fraction of sp³-hybridized carbons (Fsp3) is 0.500. The van der Waals surface area contributed by atoms with Crippen molar-refractivity contribution in [1.29, 1.82) is 0 Å². The Balaban J connectivity index is 2.10. The molecule has 1 aromatic rings. The predicted molar refractivity (Wildman–Crippen MR) is 60.1 cm³/mol. The van der Waals surface area contributed by atoms with Gasteiger partial charge in [0.05, 0.1) is 10.6 Å². The second-order valence-corrected chi connectivity index (χ2v) is 4.67. The van der Waals surface area contributed by atoms with E-state index in [4.69, 9.17) is 16.3 Å². The van der Waals surface area contributed by atoms with Crippen LogP contribution in [-0.4, -0.2) is 23.9 Å². The van der Waals surface area contributed by atoms with Crippen molar-refractivity contribution in [2.75, 3.05) is 13.2 Å². The van der Waals surface area contributed by atoms with E-state index in [1.54, 1.807) is 12.1 Å². The third kappa shape index (κ3) is 2.73. The molecule has 1 aromatic carbocycles. The van der Waals surface area contributed by atoms with Gasteiger partial charge in [-0.15, -0.1) is 0 Å². The molecule has 0 bridgehead atoms. The Kier molecular flexibility index (Phi) is 3.47. The topological polar surface area (TPSA) is 29.5 Å². The van der Waals surface area contributed by atoms with E-state index in [0.717, 1.165) is 5.56 Å². The van der Waals surface area contributed by atoms with Gasteiger partial charge in [-0.1, -0.05) is 17.7 Å². The van der Waals surface area contributed by atoms with Gasteiger partial charge in [-0.05, 0) is 30.5 Å². The third-order valence-corrected chi connectivity index (χ3v) is 3.23. The van der Waals surface area contributed by atoms with E-state index in [1.165, 1.54) is 6.07 Å². The quantitative estimate of drug-likeness (QED) is 0.867. The molecule has 1 aliphatic heterocycles. The Hall–Kier alpha value is -0.640. The SMILES string of the molecule is OC1(Cc2ccc(F)c(Cl)c2)CCOCC1. The summed E-state index contributed by atoms with van der Waals surface area (Å²) in [5, 5.41) is 10.4. The van der Waals surface area contributed by atoms with E-state index in [-0.39, 0.29) is 5.02 Å². The van der Waals surface area contributed by atoms with Crippen LogP contribution < -0.4 is 0 Å². The minimum absolute atomic E-state index is 0.105. The van der Waals surface area contributed by atoms with Crippen LogP contribution in [0.3, 0.4) is 0 Å². The third-order valence-electron chi connectivity index (χ3n) is 2.94. The van der Waals surface area contributed by atoms with Gasteiger partial charge in [0.15, 0.2) is 0 Å². The van der Waals surface area contributed by atoms with E-state index < -0.39 is 11.4 Å². The molecule has 1 fully saturated rings. The molecule has 2 nitrogen and oxygen atoms in total. The average molecular weight is 245 g/mol. The Morgan fingerprint density at radius 3 is 2.69 bits per heavy atom. The summed E-state index contributed by atoms with van der Waals surface area (Å²) in [6, 6.07) is 4.57. The van der Waals surface area contributed by atoms with Gasteiger partial charge in [-0.2, -0.15) is 0 Å². The number of hydrogen-bond acceptors (Lipinski definition) is 2. The van der Waals surface area contributed by atoms with Gasteiger partial charge < -0.3 is 9.84 Å². The molecule has 0 spiro atoms. The number of aliphatic hydroxyl groups is 1. The summed E-state index contributed by atoms with van der Waals surface area (Å²) in [4.78, 5) is 0. The summed E-state index contributed by atoms with van der Waals surface area (Å²) in [6.45, 7) is 1.15. The average Bonchev–Trinajstić information content (AvgIpc) is 2.24. The summed E-state index contributed by atoms with van der Waals surface area (Å²) < 4.78 is 18.2. The van der Waals surface area contributed by atoms with Crippen LogP contribution in [0.5, 0.6) is 0 Å². The zero-order chi connectivity index (χ0) is 11.6. The van der Waals surface area contributed by atoms with Gasteiger partial charge in [0.2, 0.25) is 0 Å². The molecule has 0 amide bonds. The minimum atomic E-state index is -0.737. The highest BCUT2D eigenvalue weighted by molar-refractivity contribution is 6.30. The first kappa shape index (κ1) is 11.8. The Labute approximate surface area is 99.0 Å². The van der Waals surface area contributed by atoms with Crippen molar-refractivity contribution in [3.05, 3.63) is 34.6 Å². The van der Waals surface area contributed by atoms with Gasteiger partial charge in [0.25, 0.3) is 0 Å².